The largest absolute Gasteiger partial charge is 0.465 e. The summed E-state index contributed by atoms with van der Waals surface area (Å²) in [6.07, 6.45) is -0.381. The zero-order valence-electron chi connectivity index (χ0n) is 31.1. The molecule has 6 atom stereocenters. The van der Waals surface area contributed by atoms with Crippen molar-refractivity contribution in [3.05, 3.63) is 76.0 Å². The highest BCUT2D eigenvalue weighted by atomic mass is 35.5. The van der Waals surface area contributed by atoms with Crippen LogP contribution in [0.25, 0.3) is 0 Å². The minimum atomic E-state index is -1.19. The number of aromatic amines is 1. The molecule has 0 spiro atoms. The second-order valence-electron chi connectivity index (χ2n) is 16.9. The lowest BCUT2D eigenvalue weighted by molar-refractivity contribution is -0.125. The second kappa shape index (κ2) is 14.1. The zero-order chi connectivity index (χ0) is 39.8. The third-order valence-electron chi connectivity index (χ3n) is 10.1. The number of aromatic nitrogens is 2. The van der Waals surface area contributed by atoms with Gasteiger partial charge in [0.15, 0.2) is 11.2 Å². The number of Topliss-reactive ketones (excluding diaryl/α,β-unsaturated/α-hetero) is 2. The molecule has 3 aliphatic carbocycles. The zero-order valence-corrected chi connectivity index (χ0v) is 34.9. The summed E-state index contributed by atoms with van der Waals surface area (Å²) in [5.74, 6) is -1.37. The molecule has 3 fully saturated rings. The van der Waals surface area contributed by atoms with Crippen LogP contribution in [0.2, 0.25) is 5.02 Å². The maximum Gasteiger partial charge on any atom is 0.404 e. The van der Waals surface area contributed by atoms with Crippen molar-refractivity contribution in [2.75, 3.05) is 0 Å². The fourth-order valence-corrected chi connectivity index (χ4v) is 9.32. The first-order chi connectivity index (χ1) is 23.6. The number of carbonyl (C=O) groups excluding carboxylic acids is 2. The van der Waals surface area contributed by atoms with Crippen LogP contribution in [0.3, 0.4) is 0 Å². The summed E-state index contributed by atoms with van der Waals surface area (Å²) in [6, 6.07) is 4.25. The van der Waals surface area contributed by atoms with Gasteiger partial charge in [0.25, 0.3) is 5.56 Å². The van der Waals surface area contributed by atoms with Crippen molar-refractivity contribution in [2.24, 2.45) is 11.8 Å². The number of alkyl halides is 2. The Morgan fingerprint density at radius 1 is 0.865 bits per heavy atom. The number of amides is 1. The summed E-state index contributed by atoms with van der Waals surface area (Å²) in [5, 5.41) is 10.1. The Morgan fingerprint density at radius 2 is 1.29 bits per heavy atom. The van der Waals surface area contributed by atoms with Gasteiger partial charge in [-0.3, -0.25) is 19.0 Å². The Morgan fingerprint density at radius 3 is 1.65 bits per heavy atom. The molecule has 10 nitrogen and oxygen atoms in total. The number of H-pyrrole nitrogens is 1. The number of rotatable bonds is 2. The number of nitrogens with one attached hydrogen (secondary N) is 2. The first-order valence-electron chi connectivity index (χ1n) is 16.8. The lowest BCUT2D eigenvalue weighted by atomic mass is 9.71. The molecule has 2 saturated carbocycles. The molecule has 15 heteroatoms. The summed E-state index contributed by atoms with van der Waals surface area (Å²) in [4.78, 5) is 61.0. The van der Waals surface area contributed by atoms with E-state index in [-0.39, 0.29) is 48.5 Å². The molecule has 1 aromatic carbocycles. The van der Waals surface area contributed by atoms with E-state index < -0.39 is 45.6 Å². The summed E-state index contributed by atoms with van der Waals surface area (Å²) < 4.78 is 6.72. The predicted molar refractivity (Wildman–Crippen MR) is 206 cm³/mol. The molecular weight excluding hydrogens is 776 g/mol. The van der Waals surface area contributed by atoms with Crippen LogP contribution in [-0.2, 0) is 37.2 Å². The molecule has 6 rings (SSSR count). The van der Waals surface area contributed by atoms with Crippen molar-refractivity contribution < 1.29 is 24.2 Å². The number of carboxylic acid groups (broad SMARTS) is 1. The predicted octanol–water partition coefficient (Wildman–Crippen LogP) is 7.81. The molecule has 52 heavy (non-hydrogen) atoms. The van der Waals surface area contributed by atoms with Crippen molar-refractivity contribution in [1.29, 1.82) is 0 Å². The SMILES string of the molecule is Cc1[nH]c(=O)n(C(C)(C)C)c(=O)c1Cl.Cc1c(C(C)(C)C)cc(CNC(=O)O)cc1C(C)(C)C.O=C1C(Cl)=C(Cl)C(=O)C23OC12C1CC3C(Cl)C1Cl. The molecule has 2 aromatic rings. The maximum atomic E-state index is 12.3. The van der Waals surface area contributed by atoms with Crippen molar-refractivity contribution in [3.63, 3.8) is 0 Å². The molecule has 1 amide bonds. The van der Waals surface area contributed by atoms with Gasteiger partial charge in [-0.2, -0.15) is 0 Å². The quantitative estimate of drug-likeness (QED) is 0.207. The molecule has 1 aromatic heterocycles. The minimum absolute atomic E-state index is 0.0450. The Hall–Kier alpha value is -2.34. The van der Waals surface area contributed by atoms with E-state index in [0.717, 1.165) is 10.1 Å². The summed E-state index contributed by atoms with van der Waals surface area (Å²) in [6.45, 7) is 22.6. The van der Waals surface area contributed by atoms with Gasteiger partial charge in [0, 0.05) is 29.6 Å². The van der Waals surface area contributed by atoms with E-state index >= 15 is 0 Å². The van der Waals surface area contributed by atoms with E-state index in [4.69, 9.17) is 67.8 Å². The van der Waals surface area contributed by atoms with Crippen molar-refractivity contribution >= 4 is 75.7 Å². The lowest BCUT2D eigenvalue weighted by Gasteiger charge is -2.31. The summed E-state index contributed by atoms with van der Waals surface area (Å²) >= 11 is 29.9. The fourth-order valence-electron chi connectivity index (χ4n) is 7.82. The molecule has 2 bridgehead atoms. The number of fused-ring (bicyclic) bond motifs is 2. The molecular formula is C37H46Cl5N3O7. The van der Waals surface area contributed by atoms with Crippen LogP contribution in [0.15, 0.2) is 31.8 Å². The Kier molecular flexibility index (Phi) is 11.5. The van der Waals surface area contributed by atoms with Crippen molar-refractivity contribution in [1.82, 2.24) is 14.9 Å². The average Bonchev–Trinajstić information content (AvgIpc) is 3.53. The number of ketones is 2. The molecule has 0 radical (unpaired) electrons. The third kappa shape index (κ3) is 7.01. The number of nitrogens with zero attached hydrogens (tertiary/aromatic N) is 1. The molecule has 1 saturated heterocycles. The third-order valence-corrected chi connectivity index (χ3v) is 12.7. The van der Waals surface area contributed by atoms with E-state index in [2.05, 4.69) is 70.9 Å². The Balaban J connectivity index is 0.000000177. The minimum Gasteiger partial charge on any atom is -0.465 e. The van der Waals surface area contributed by atoms with Crippen LogP contribution in [0.4, 0.5) is 4.79 Å². The number of ether oxygens (including phenoxy) is 1. The van der Waals surface area contributed by atoms with Crippen LogP contribution in [0.1, 0.15) is 96.7 Å². The van der Waals surface area contributed by atoms with Gasteiger partial charge in [0.2, 0.25) is 11.6 Å². The monoisotopic (exact) mass is 819 g/mol. The highest BCUT2D eigenvalue weighted by molar-refractivity contribution is 6.58. The van der Waals surface area contributed by atoms with Gasteiger partial charge in [-0.15, -0.1) is 23.2 Å². The second-order valence-corrected chi connectivity index (χ2v) is 19.0. The fraction of sp³-hybridized carbons (Fsp3) is 0.595. The maximum absolute atomic E-state index is 12.3. The van der Waals surface area contributed by atoms with Crippen LogP contribution in [0.5, 0.6) is 0 Å². The van der Waals surface area contributed by atoms with Crippen molar-refractivity contribution in [3.8, 4) is 0 Å². The van der Waals surface area contributed by atoms with Gasteiger partial charge in [-0.05, 0) is 74.1 Å². The van der Waals surface area contributed by atoms with Crippen LogP contribution in [-0.4, -0.2) is 54.3 Å². The molecule has 1 aliphatic heterocycles. The van der Waals surface area contributed by atoms with E-state index in [1.807, 2.05) is 0 Å². The van der Waals surface area contributed by atoms with E-state index in [0.29, 0.717) is 18.7 Å². The average molecular weight is 822 g/mol. The topological polar surface area (TPSA) is 151 Å². The number of carbonyl (C=O) groups is 3. The van der Waals surface area contributed by atoms with Gasteiger partial charge < -0.3 is 20.1 Å². The van der Waals surface area contributed by atoms with Gasteiger partial charge in [0.1, 0.15) is 15.1 Å². The van der Waals surface area contributed by atoms with Crippen LogP contribution in [0, 0.1) is 25.7 Å². The van der Waals surface area contributed by atoms with E-state index in [9.17, 15) is 24.0 Å². The standard InChI is InChI=1S/C17H27NO2.C11H6Cl4O3.C9H13ClN2O2/c1-11-13(16(2,3)4)8-12(10-18-15(19)20)9-14(11)17(5,6)7;12-4-2-1-3(5(4)13)11-9(17)7(15)6(14)8(16)10(2,11)18-11;1-5-6(10)7(13)12(8(14)11-5)9(2,3)4/h8-9,18H,10H2,1-7H3,(H,19,20);2-5H,1H2;1-4H3,(H,11,14). The summed E-state index contributed by atoms with van der Waals surface area (Å²) in [5.41, 5.74) is 1.57. The number of halogens is 5. The van der Waals surface area contributed by atoms with Gasteiger partial charge >= 0.3 is 11.8 Å². The van der Waals surface area contributed by atoms with Gasteiger partial charge in [-0.25, -0.2) is 9.59 Å². The molecule has 6 unspecified atom stereocenters. The molecule has 3 N–H and O–H groups in total. The lowest BCUT2D eigenvalue weighted by Crippen LogP contribution is -2.53. The number of hydrogen-bond acceptors (Lipinski definition) is 6. The van der Waals surface area contributed by atoms with Gasteiger partial charge in [0.05, 0.1) is 10.8 Å². The first-order valence-corrected chi connectivity index (χ1v) is 18.8. The number of hydrogen-bond donors (Lipinski definition) is 3. The van der Waals surface area contributed by atoms with E-state index in [1.165, 1.54) is 16.7 Å². The van der Waals surface area contributed by atoms with Crippen LogP contribution < -0.4 is 16.6 Å². The van der Waals surface area contributed by atoms with Gasteiger partial charge in [-0.1, -0.05) is 88.5 Å². The van der Waals surface area contributed by atoms with Crippen molar-refractivity contribution in [2.45, 2.75) is 127 Å². The highest BCUT2D eigenvalue weighted by Crippen LogP contribution is 2.76. The smallest absolute Gasteiger partial charge is 0.404 e. The number of aryl methyl sites for hydroxylation is 1. The Labute approximate surface area is 328 Å². The number of epoxide rings is 1. The normalized spacial score (nSPS) is 27.6. The number of benzene rings is 1. The first kappa shape index (κ1) is 42.4. The molecule has 4 aliphatic rings. The molecule has 286 valence electrons. The highest BCUT2D eigenvalue weighted by Gasteiger charge is 2.93. The molecule has 2 heterocycles. The Bertz CT molecular complexity index is 1900. The van der Waals surface area contributed by atoms with Crippen LogP contribution >= 0.6 is 58.0 Å². The summed E-state index contributed by atoms with van der Waals surface area (Å²) in [7, 11) is 0. The van der Waals surface area contributed by atoms with E-state index in [1.54, 1.807) is 27.7 Å².